The van der Waals surface area contributed by atoms with Gasteiger partial charge in [0.15, 0.2) is 0 Å². The Morgan fingerprint density at radius 2 is 1.77 bits per heavy atom. The zero-order chi connectivity index (χ0) is 18.7. The van der Waals surface area contributed by atoms with Crippen LogP contribution in [0.5, 0.6) is 0 Å². The molecule has 1 amide bonds. The lowest BCUT2D eigenvalue weighted by Gasteiger charge is -2.09. The van der Waals surface area contributed by atoms with E-state index in [9.17, 15) is 13.2 Å². The number of anilines is 2. The monoisotopic (exact) mass is 408 g/mol. The third-order valence-corrected chi connectivity index (χ3v) is 4.93. The van der Waals surface area contributed by atoms with Gasteiger partial charge in [0.1, 0.15) is 5.01 Å². The molecule has 0 bridgehead atoms. The second kappa shape index (κ2) is 7.40. The van der Waals surface area contributed by atoms with Crippen molar-refractivity contribution >= 4 is 49.7 Å². The summed E-state index contributed by atoms with van der Waals surface area (Å²) in [6.07, 6.45) is 1.02. The summed E-state index contributed by atoms with van der Waals surface area (Å²) in [6.45, 7) is 0. The van der Waals surface area contributed by atoms with Crippen LogP contribution in [0, 0.1) is 0 Å². The number of hydrogen-bond acceptors (Lipinski definition) is 6. The van der Waals surface area contributed by atoms with Gasteiger partial charge in [0, 0.05) is 10.6 Å². The first-order valence-electron chi connectivity index (χ1n) is 7.29. The number of amides is 1. The quantitative estimate of drug-likeness (QED) is 0.673. The predicted molar refractivity (Wildman–Crippen MR) is 103 cm³/mol. The number of carbonyl (C=O) groups excluding carboxylic acids is 1. The lowest BCUT2D eigenvalue weighted by atomic mass is 10.2. The first-order chi connectivity index (χ1) is 12.3. The fraction of sp³-hybridized carbons (Fsp3) is 0.0625. The number of rotatable bonds is 5. The highest BCUT2D eigenvalue weighted by Gasteiger charge is 2.16. The van der Waals surface area contributed by atoms with Crippen LogP contribution in [-0.2, 0) is 10.0 Å². The SMILES string of the molecule is CS(=O)(=O)Nc1ccccc1C(=O)Nc1nnc(-c2ccc(Cl)cc2)s1. The topological polar surface area (TPSA) is 101 Å². The van der Waals surface area contributed by atoms with Gasteiger partial charge in [-0.1, -0.05) is 47.2 Å². The van der Waals surface area contributed by atoms with E-state index in [-0.39, 0.29) is 11.3 Å². The van der Waals surface area contributed by atoms with Crippen molar-refractivity contribution < 1.29 is 13.2 Å². The lowest BCUT2D eigenvalue weighted by Crippen LogP contribution is -2.17. The largest absolute Gasteiger partial charge is 0.296 e. The number of sulfonamides is 1. The lowest BCUT2D eigenvalue weighted by molar-refractivity contribution is 0.102. The number of aromatic nitrogens is 2. The van der Waals surface area contributed by atoms with Crippen molar-refractivity contribution in [2.45, 2.75) is 0 Å². The van der Waals surface area contributed by atoms with Crippen LogP contribution in [0.2, 0.25) is 5.02 Å². The van der Waals surface area contributed by atoms with Crippen molar-refractivity contribution in [2.24, 2.45) is 0 Å². The molecule has 134 valence electrons. The summed E-state index contributed by atoms with van der Waals surface area (Å²) >= 11 is 7.06. The van der Waals surface area contributed by atoms with Crippen molar-refractivity contribution in [1.82, 2.24) is 10.2 Å². The molecule has 1 aromatic heterocycles. The Bertz CT molecular complexity index is 1050. The van der Waals surface area contributed by atoms with Crippen LogP contribution in [0.25, 0.3) is 10.6 Å². The minimum absolute atomic E-state index is 0.182. The maximum Gasteiger partial charge on any atom is 0.259 e. The highest BCUT2D eigenvalue weighted by atomic mass is 35.5. The normalized spacial score (nSPS) is 11.2. The molecule has 0 radical (unpaired) electrons. The average Bonchev–Trinajstić information content (AvgIpc) is 3.03. The molecule has 0 spiro atoms. The summed E-state index contributed by atoms with van der Waals surface area (Å²) in [5.74, 6) is -0.490. The molecule has 0 unspecified atom stereocenters. The molecular weight excluding hydrogens is 396 g/mol. The average molecular weight is 409 g/mol. The van der Waals surface area contributed by atoms with Gasteiger partial charge in [0.05, 0.1) is 17.5 Å². The Hall–Kier alpha value is -2.49. The third-order valence-electron chi connectivity index (χ3n) is 3.20. The van der Waals surface area contributed by atoms with Gasteiger partial charge in [-0.25, -0.2) is 8.42 Å². The minimum atomic E-state index is -3.51. The number of benzene rings is 2. The van der Waals surface area contributed by atoms with Crippen molar-refractivity contribution in [3.05, 3.63) is 59.1 Å². The van der Waals surface area contributed by atoms with Gasteiger partial charge < -0.3 is 0 Å². The van der Waals surface area contributed by atoms with E-state index >= 15 is 0 Å². The zero-order valence-electron chi connectivity index (χ0n) is 13.4. The molecule has 0 aliphatic rings. The van der Waals surface area contributed by atoms with Crippen molar-refractivity contribution in [1.29, 1.82) is 0 Å². The number of halogens is 1. The minimum Gasteiger partial charge on any atom is -0.296 e. The van der Waals surface area contributed by atoms with E-state index in [0.717, 1.165) is 11.8 Å². The summed E-state index contributed by atoms with van der Waals surface area (Å²) in [5.41, 5.74) is 1.20. The number of hydrogen-bond donors (Lipinski definition) is 2. The molecule has 0 saturated carbocycles. The van der Waals surface area contributed by atoms with Crippen LogP contribution in [-0.4, -0.2) is 30.8 Å². The summed E-state index contributed by atoms with van der Waals surface area (Å²) in [4.78, 5) is 12.5. The molecule has 0 aliphatic heterocycles. The van der Waals surface area contributed by atoms with Crippen LogP contribution in [0.3, 0.4) is 0 Å². The molecule has 0 fully saturated rings. The Balaban J connectivity index is 1.80. The standard InChI is InChI=1S/C16H13ClN4O3S2/c1-26(23,24)21-13-5-3-2-4-12(13)14(22)18-16-20-19-15(25-16)10-6-8-11(17)9-7-10/h2-9,21H,1H3,(H,18,20,22). The molecule has 0 atom stereocenters. The molecule has 1 heterocycles. The zero-order valence-corrected chi connectivity index (χ0v) is 15.8. The predicted octanol–water partition coefficient (Wildman–Crippen LogP) is 3.48. The van der Waals surface area contributed by atoms with Gasteiger partial charge in [0.2, 0.25) is 15.2 Å². The van der Waals surface area contributed by atoms with E-state index < -0.39 is 15.9 Å². The molecule has 7 nitrogen and oxygen atoms in total. The third kappa shape index (κ3) is 4.57. The first-order valence-corrected chi connectivity index (χ1v) is 10.4. The maximum atomic E-state index is 12.5. The molecule has 0 aliphatic carbocycles. The van der Waals surface area contributed by atoms with E-state index in [0.29, 0.717) is 15.2 Å². The summed E-state index contributed by atoms with van der Waals surface area (Å²) in [5, 5.41) is 12.2. The first kappa shape index (κ1) is 18.3. The van der Waals surface area contributed by atoms with Crippen molar-refractivity contribution in [3.8, 4) is 10.6 Å². The van der Waals surface area contributed by atoms with Gasteiger partial charge in [-0.05, 0) is 24.3 Å². The van der Waals surface area contributed by atoms with Gasteiger partial charge in [-0.2, -0.15) is 0 Å². The van der Waals surface area contributed by atoms with E-state index in [2.05, 4.69) is 20.2 Å². The van der Waals surface area contributed by atoms with Crippen LogP contribution in [0.15, 0.2) is 48.5 Å². The molecular formula is C16H13ClN4O3S2. The second-order valence-electron chi connectivity index (χ2n) is 5.29. The summed E-state index contributed by atoms with van der Waals surface area (Å²) in [6, 6.07) is 13.4. The molecule has 3 rings (SSSR count). The van der Waals surface area contributed by atoms with E-state index in [1.54, 1.807) is 36.4 Å². The fourth-order valence-electron chi connectivity index (χ4n) is 2.12. The highest BCUT2D eigenvalue weighted by Crippen LogP contribution is 2.28. The second-order valence-corrected chi connectivity index (χ2v) is 8.46. The summed E-state index contributed by atoms with van der Waals surface area (Å²) in [7, 11) is -3.51. The van der Waals surface area contributed by atoms with Crippen molar-refractivity contribution in [3.63, 3.8) is 0 Å². The maximum absolute atomic E-state index is 12.5. The van der Waals surface area contributed by atoms with Gasteiger partial charge in [-0.15, -0.1) is 10.2 Å². The number of nitrogens with zero attached hydrogens (tertiary/aromatic N) is 2. The Morgan fingerprint density at radius 1 is 1.08 bits per heavy atom. The van der Waals surface area contributed by atoms with E-state index in [1.807, 2.05) is 0 Å². The van der Waals surface area contributed by atoms with Crippen LogP contribution >= 0.6 is 22.9 Å². The molecule has 26 heavy (non-hydrogen) atoms. The van der Waals surface area contributed by atoms with E-state index in [1.165, 1.54) is 23.5 Å². The molecule has 2 aromatic carbocycles. The highest BCUT2D eigenvalue weighted by molar-refractivity contribution is 7.92. The Kier molecular flexibility index (Phi) is 5.21. The number of nitrogens with one attached hydrogen (secondary N) is 2. The Morgan fingerprint density at radius 3 is 2.46 bits per heavy atom. The van der Waals surface area contributed by atoms with Gasteiger partial charge >= 0.3 is 0 Å². The number of carbonyl (C=O) groups is 1. The van der Waals surface area contributed by atoms with Gasteiger partial charge in [0.25, 0.3) is 5.91 Å². The molecule has 3 aromatic rings. The molecule has 10 heteroatoms. The number of para-hydroxylation sites is 1. The molecule has 0 saturated heterocycles. The van der Waals surface area contributed by atoms with Crippen molar-refractivity contribution in [2.75, 3.05) is 16.3 Å². The molecule has 2 N–H and O–H groups in total. The van der Waals surface area contributed by atoms with Crippen LogP contribution in [0.4, 0.5) is 10.8 Å². The van der Waals surface area contributed by atoms with Crippen LogP contribution < -0.4 is 10.0 Å². The summed E-state index contributed by atoms with van der Waals surface area (Å²) < 4.78 is 25.2. The van der Waals surface area contributed by atoms with Gasteiger partial charge in [-0.3, -0.25) is 14.8 Å². The Labute approximate surface area is 159 Å². The van der Waals surface area contributed by atoms with E-state index in [4.69, 9.17) is 11.6 Å². The van der Waals surface area contributed by atoms with Crippen LogP contribution in [0.1, 0.15) is 10.4 Å². The fourth-order valence-corrected chi connectivity index (χ4v) is 3.56. The smallest absolute Gasteiger partial charge is 0.259 e.